The molecule has 0 saturated carbocycles. The lowest BCUT2D eigenvalue weighted by Gasteiger charge is -2.14. The average Bonchev–Trinajstić information content (AvgIpc) is 2.69. The van der Waals surface area contributed by atoms with Crippen LogP contribution in [0.4, 0.5) is 0 Å². The highest BCUT2D eigenvalue weighted by molar-refractivity contribution is 9.10. The maximum absolute atomic E-state index is 4.16. The third-order valence-corrected chi connectivity index (χ3v) is 3.17. The van der Waals surface area contributed by atoms with Crippen LogP contribution in [0.5, 0.6) is 0 Å². The van der Waals surface area contributed by atoms with E-state index in [9.17, 15) is 0 Å². The first-order valence-electron chi connectivity index (χ1n) is 4.95. The highest BCUT2D eigenvalue weighted by Gasteiger charge is 2.17. The molecule has 2 rings (SSSR count). The average molecular weight is 252 g/mol. The zero-order valence-corrected chi connectivity index (χ0v) is 9.68. The van der Waals surface area contributed by atoms with Gasteiger partial charge >= 0.3 is 0 Å². The Kier molecular flexibility index (Phi) is 3.04. The Balaban J connectivity index is 2.17. The van der Waals surface area contributed by atoms with Crippen LogP contribution in [0.15, 0.2) is 35.3 Å². The fraction of sp³-hybridized carbons (Fsp3) is 0.333. The molecule has 1 saturated heterocycles. The molecule has 0 aromatic heterocycles. The van der Waals surface area contributed by atoms with Crippen LogP contribution < -0.4 is 5.32 Å². The van der Waals surface area contributed by atoms with E-state index in [1.807, 2.05) is 6.07 Å². The van der Waals surface area contributed by atoms with Gasteiger partial charge in [-0.15, -0.1) is 0 Å². The Morgan fingerprint density at radius 3 is 3.00 bits per heavy atom. The van der Waals surface area contributed by atoms with E-state index in [-0.39, 0.29) is 0 Å². The van der Waals surface area contributed by atoms with E-state index in [1.54, 1.807) is 0 Å². The van der Waals surface area contributed by atoms with Gasteiger partial charge in [-0.3, -0.25) is 0 Å². The molecule has 0 spiro atoms. The molecule has 1 atom stereocenters. The third kappa shape index (κ3) is 2.07. The van der Waals surface area contributed by atoms with Crippen LogP contribution in [0.1, 0.15) is 18.4 Å². The number of hydrogen-bond donors (Lipinski definition) is 1. The van der Waals surface area contributed by atoms with Crippen molar-refractivity contribution < 1.29 is 0 Å². The van der Waals surface area contributed by atoms with Gasteiger partial charge in [0.05, 0.1) is 0 Å². The Bertz CT molecular complexity index is 340. The van der Waals surface area contributed by atoms with Gasteiger partial charge in [-0.05, 0) is 42.7 Å². The Labute approximate surface area is 93.3 Å². The van der Waals surface area contributed by atoms with Gasteiger partial charge in [-0.25, -0.2) is 0 Å². The van der Waals surface area contributed by atoms with E-state index < -0.39 is 0 Å². The summed E-state index contributed by atoms with van der Waals surface area (Å²) in [5.41, 5.74) is 2.45. The maximum Gasteiger partial charge on any atom is 0.0320 e. The molecule has 1 heterocycles. The molecule has 0 radical (unpaired) electrons. The summed E-state index contributed by atoms with van der Waals surface area (Å²) in [4.78, 5) is 0. The fourth-order valence-electron chi connectivity index (χ4n) is 1.87. The minimum Gasteiger partial charge on any atom is -0.310 e. The number of nitrogens with one attached hydrogen (secondary N) is 1. The monoisotopic (exact) mass is 251 g/mol. The van der Waals surface area contributed by atoms with Gasteiger partial charge < -0.3 is 5.32 Å². The molecule has 1 aromatic rings. The molecule has 0 amide bonds. The lowest BCUT2D eigenvalue weighted by Crippen LogP contribution is -2.22. The Hall–Kier alpha value is -0.600. The van der Waals surface area contributed by atoms with Crippen molar-refractivity contribution in [1.29, 1.82) is 0 Å². The van der Waals surface area contributed by atoms with Gasteiger partial charge in [0, 0.05) is 10.5 Å². The molecule has 1 aliphatic heterocycles. The lowest BCUT2D eigenvalue weighted by atomic mass is 9.99. The topological polar surface area (TPSA) is 12.0 Å². The van der Waals surface area contributed by atoms with Crippen molar-refractivity contribution in [3.63, 3.8) is 0 Å². The summed E-state index contributed by atoms with van der Waals surface area (Å²) in [6.45, 7) is 5.29. The van der Waals surface area contributed by atoms with Crippen LogP contribution in [0.2, 0.25) is 0 Å². The van der Waals surface area contributed by atoms with Crippen molar-refractivity contribution in [1.82, 2.24) is 5.32 Å². The van der Waals surface area contributed by atoms with Crippen molar-refractivity contribution in [3.8, 4) is 0 Å². The molecule has 14 heavy (non-hydrogen) atoms. The fourth-order valence-corrected chi connectivity index (χ4v) is 2.27. The molecule has 1 nitrogen and oxygen atoms in total. The van der Waals surface area contributed by atoms with Crippen molar-refractivity contribution in [2.75, 3.05) is 6.54 Å². The number of hydrogen-bond acceptors (Lipinski definition) is 1. The van der Waals surface area contributed by atoms with Gasteiger partial charge in [0.25, 0.3) is 0 Å². The van der Waals surface area contributed by atoms with Crippen molar-refractivity contribution in [2.24, 2.45) is 0 Å². The van der Waals surface area contributed by atoms with Crippen LogP contribution in [0, 0.1) is 0 Å². The van der Waals surface area contributed by atoms with Crippen LogP contribution >= 0.6 is 15.9 Å². The van der Waals surface area contributed by atoms with Crippen molar-refractivity contribution in [3.05, 3.63) is 40.9 Å². The number of benzene rings is 1. The summed E-state index contributed by atoms with van der Waals surface area (Å²) in [5, 5.41) is 3.46. The van der Waals surface area contributed by atoms with E-state index in [2.05, 4.69) is 46.0 Å². The minimum atomic E-state index is 0.476. The molecule has 0 bridgehead atoms. The number of halogens is 1. The summed E-state index contributed by atoms with van der Waals surface area (Å²) in [5.74, 6) is 0. The molecule has 0 aliphatic carbocycles. The van der Waals surface area contributed by atoms with Crippen molar-refractivity contribution >= 4 is 21.5 Å². The van der Waals surface area contributed by atoms with Gasteiger partial charge in [-0.2, -0.15) is 0 Å². The molecule has 1 aliphatic rings. The molecular formula is C12H14BrN. The second-order valence-electron chi connectivity index (χ2n) is 3.68. The molecular weight excluding hydrogens is 238 g/mol. The summed E-state index contributed by atoms with van der Waals surface area (Å²) < 4.78 is 1.12. The largest absolute Gasteiger partial charge is 0.310 e. The van der Waals surface area contributed by atoms with Gasteiger partial charge in [0.15, 0.2) is 0 Å². The standard InChI is InChI=1S/C12H14BrN/c1-9(12-6-3-7-14-12)10-4-2-5-11(13)8-10/h2,4-5,8,12,14H,1,3,6-7H2. The zero-order chi connectivity index (χ0) is 9.97. The normalized spacial score (nSPS) is 21.1. The van der Waals surface area contributed by atoms with Gasteiger partial charge in [0.1, 0.15) is 0 Å². The van der Waals surface area contributed by atoms with Crippen LogP contribution in [-0.4, -0.2) is 12.6 Å². The number of rotatable bonds is 2. The first-order chi connectivity index (χ1) is 6.77. The van der Waals surface area contributed by atoms with E-state index >= 15 is 0 Å². The summed E-state index contributed by atoms with van der Waals surface area (Å²) >= 11 is 3.48. The third-order valence-electron chi connectivity index (χ3n) is 2.68. The minimum absolute atomic E-state index is 0.476. The zero-order valence-electron chi connectivity index (χ0n) is 8.09. The lowest BCUT2D eigenvalue weighted by molar-refractivity contribution is 0.745. The highest BCUT2D eigenvalue weighted by atomic mass is 79.9. The molecule has 1 N–H and O–H groups in total. The second kappa shape index (κ2) is 4.28. The van der Waals surface area contributed by atoms with E-state index in [1.165, 1.54) is 24.0 Å². The first kappa shape index (κ1) is 9.94. The van der Waals surface area contributed by atoms with Crippen LogP contribution in [-0.2, 0) is 0 Å². The predicted molar refractivity (Wildman–Crippen MR) is 64.2 cm³/mol. The molecule has 1 fully saturated rings. The Morgan fingerprint density at radius 2 is 2.36 bits per heavy atom. The van der Waals surface area contributed by atoms with E-state index in [0.717, 1.165) is 11.0 Å². The smallest absolute Gasteiger partial charge is 0.0320 e. The first-order valence-corrected chi connectivity index (χ1v) is 5.75. The summed E-state index contributed by atoms with van der Waals surface area (Å²) in [7, 11) is 0. The van der Waals surface area contributed by atoms with Crippen LogP contribution in [0.3, 0.4) is 0 Å². The maximum atomic E-state index is 4.16. The highest BCUT2D eigenvalue weighted by Crippen LogP contribution is 2.24. The van der Waals surface area contributed by atoms with E-state index in [0.29, 0.717) is 6.04 Å². The Morgan fingerprint density at radius 1 is 1.50 bits per heavy atom. The summed E-state index contributed by atoms with van der Waals surface area (Å²) in [6.07, 6.45) is 2.48. The summed E-state index contributed by atoms with van der Waals surface area (Å²) in [6, 6.07) is 8.82. The SMILES string of the molecule is C=C(c1cccc(Br)c1)C1CCCN1. The van der Waals surface area contributed by atoms with Crippen LogP contribution in [0.25, 0.3) is 5.57 Å². The predicted octanol–water partition coefficient (Wildman–Crippen LogP) is 3.21. The van der Waals surface area contributed by atoms with Crippen molar-refractivity contribution in [2.45, 2.75) is 18.9 Å². The molecule has 1 aromatic carbocycles. The quantitative estimate of drug-likeness (QED) is 0.852. The van der Waals surface area contributed by atoms with Gasteiger partial charge in [-0.1, -0.05) is 34.6 Å². The molecule has 1 unspecified atom stereocenters. The van der Waals surface area contributed by atoms with E-state index in [4.69, 9.17) is 0 Å². The second-order valence-corrected chi connectivity index (χ2v) is 4.60. The molecule has 74 valence electrons. The molecule has 2 heteroatoms. The van der Waals surface area contributed by atoms with Gasteiger partial charge in [0.2, 0.25) is 0 Å².